The average Bonchev–Trinajstić information content (AvgIpc) is 3.06. The van der Waals surface area contributed by atoms with Gasteiger partial charge < -0.3 is 20.1 Å². The molecule has 2 aromatic rings. The van der Waals surface area contributed by atoms with E-state index < -0.39 is 11.1 Å². The fourth-order valence-corrected chi connectivity index (χ4v) is 5.70. The Morgan fingerprint density at radius 2 is 1.85 bits per heavy atom. The third-order valence-electron chi connectivity index (χ3n) is 7.35. The number of amides is 3. The number of hydrogen-bond donors (Lipinski definition) is 2. The minimum atomic E-state index is -1.13. The van der Waals surface area contributed by atoms with Gasteiger partial charge in [-0.3, -0.25) is 9.69 Å². The van der Waals surface area contributed by atoms with E-state index in [4.69, 9.17) is 16.3 Å². The monoisotopic (exact) mass is 483 g/mol. The molecular formula is C26H30ClN3O4. The molecule has 2 N–H and O–H groups in total. The lowest BCUT2D eigenvalue weighted by Crippen LogP contribution is -2.50. The zero-order valence-corrected chi connectivity index (χ0v) is 20.1. The van der Waals surface area contributed by atoms with Crippen molar-refractivity contribution >= 4 is 23.5 Å². The fourth-order valence-electron chi connectivity index (χ4n) is 5.52. The Morgan fingerprint density at radius 1 is 1.12 bits per heavy atom. The van der Waals surface area contributed by atoms with Gasteiger partial charge in [-0.2, -0.15) is 0 Å². The Morgan fingerprint density at radius 3 is 2.59 bits per heavy atom. The molecule has 8 heteroatoms. The smallest absolute Gasteiger partial charge is 0.325 e. The maximum atomic E-state index is 13.5. The predicted molar refractivity (Wildman–Crippen MR) is 129 cm³/mol. The summed E-state index contributed by atoms with van der Waals surface area (Å²) >= 11 is 6.21. The van der Waals surface area contributed by atoms with Gasteiger partial charge >= 0.3 is 6.03 Å². The minimum Gasteiger partial charge on any atom is -0.490 e. The lowest BCUT2D eigenvalue weighted by molar-refractivity contribution is -0.133. The molecule has 3 amide bonds. The lowest BCUT2D eigenvalue weighted by Gasteiger charge is -2.38. The van der Waals surface area contributed by atoms with Crippen molar-refractivity contribution in [3.05, 3.63) is 64.7 Å². The van der Waals surface area contributed by atoms with Crippen LogP contribution in [0, 0.1) is 0 Å². The highest BCUT2D eigenvalue weighted by molar-refractivity contribution is 6.30. The summed E-state index contributed by atoms with van der Waals surface area (Å²) in [5.74, 6) is 0.339. The Labute approximate surface area is 204 Å². The molecular weight excluding hydrogens is 454 g/mol. The summed E-state index contributed by atoms with van der Waals surface area (Å²) in [4.78, 5) is 30.0. The van der Waals surface area contributed by atoms with Gasteiger partial charge in [-0.1, -0.05) is 41.9 Å². The number of ether oxygens (including phenoxy) is 1. The number of nitrogens with zero attached hydrogens (tertiary/aromatic N) is 2. The summed E-state index contributed by atoms with van der Waals surface area (Å²) in [6.45, 7) is 4.55. The van der Waals surface area contributed by atoms with Crippen molar-refractivity contribution in [3.63, 3.8) is 0 Å². The van der Waals surface area contributed by atoms with Crippen LogP contribution in [0.2, 0.25) is 5.02 Å². The van der Waals surface area contributed by atoms with E-state index in [1.165, 1.54) is 4.90 Å². The summed E-state index contributed by atoms with van der Waals surface area (Å²) in [6, 6.07) is 14.6. The first-order valence-corrected chi connectivity index (χ1v) is 12.3. The molecule has 2 unspecified atom stereocenters. The zero-order chi connectivity index (χ0) is 23.9. The van der Waals surface area contributed by atoms with E-state index in [-0.39, 0.29) is 18.0 Å². The van der Waals surface area contributed by atoms with Crippen LogP contribution in [0.3, 0.4) is 0 Å². The molecule has 0 bridgehead atoms. The standard InChI is InChI=1S/C26H30ClN3O4/c1-18-17-26(21-16-20(27)8-9-22(21)34-18)23(31)30(24(32)28-26)13-5-12-29-14-10-25(33,11-15-29)19-6-3-2-4-7-19/h2-4,6-9,16,18,33H,5,10-15,17H2,1H3,(H,28,32). The first kappa shape index (κ1) is 23.1. The number of rotatable bonds is 5. The van der Waals surface area contributed by atoms with Crippen molar-refractivity contribution < 1.29 is 19.4 Å². The molecule has 5 rings (SSSR count). The van der Waals surface area contributed by atoms with E-state index in [1.807, 2.05) is 37.3 Å². The second-order valence-corrected chi connectivity index (χ2v) is 10.1. The number of likely N-dealkylation sites (tertiary alicyclic amines) is 1. The first-order valence-electron chi connectivity index (χ1n) is 11.9. The van der Waals surface area contributed by atoms with Gasteiger partial charge in [0.05, 0.1) is 11.7 Å². The lowest BCUT2D eigenvalue weighted by atomic mass is 9.82. The number of nitrogens with one attached hydrogen (secondary N) is 1. The van der Waals surface area contributed by atoms with E-state index in [0.29, 0.717) is 48.6 Å². The van der Waals surface area contributed by atoms with Gasteiger partial charge in [0.25, 0.3) is 5.91 Å². The molecule has 1 spiro atoms. The number of aliphatic hydroxyl groups is 1. The molecule has 3 aliphatic rings. The third-order valence-corrected chi connectivity index (χ3v) is 7.58. The Hall–Kier alpha value is -2.61. The molecule has 2 fully saturated rings. The number of carbonyl (C=O) groups is 2. The van der Waals surface area contributed by atoms with Crippen molar-refractivity contribution in [2.24, 2.45) is 0 Å². The van der Waals surface area contributed by atoms with E-state index in [0.717, 1.165) is 25.2 Å². The van der Waals surface area contributed by atoms with Crippen LogP contribution >= 0.6 is 11.6 Å². The molecule has 180 valence electrons. The second-order valence-electron chi connectivity index (χ2n) is 9.66. The Bertz CT molecular complexity index is 1090. The van der Waals surface area contributed by atoms with E-state index in [9.17, 15) is 14.7 Å². The van der Waals surface area contributed by atoms with Crippen LogP contribution in [0.25, 0.3) is 0 Å². The van der Waals surface area contributed by atoms with Gasteiger partial charge in [-0.15, -0.1) is 0 Å². The van der Waals surface area contributed by atoms with Gasteiger partial charge in [-0.25, -0.2) is 4.79 Å². The molecule has 2 aromatic carbocycles. The molecule has 0 radical (unpaired) electrons. The predicted octanol–water partition coefficient (Wildman–Crippen LogP) is 3.63. The summed E-state index contributed by atoms with van der Waals surface area (Å²) < 4.78 is 5.89. The summed E-state index contributed by atoms with van der Waals surface area (Å²) in [7, 11) is 0. The number of carbonyl (C=O) groups excluding carboxylic acids is 2. The van der Waals surface area contributed by atoms with Gasteiger partial charge in [0, 0.05) is 36.6 Å². The summed E-state index contributed by atoms with van der Waals surface area (Å²) in [5.41, 5.74) is -0.337. The highest BCUT2D eigenvalue weighted by Gasteiger charge is 2.56. The fraction of sp³-hybridized carbons (Fsp3) is 0.462. The molecule has 0 aliphatic carbocycles. The van der Waals surface area contributed by atoms with Gasteiger partial charge in [0.15, 0.2) is 5.54 Å². The van der Waals surface area contributed by atoms with Crippen LogP contribution in [-0.4, -0.2) is 59.1 Å². The van der Waals surface area contributed by atoms with Crippen LogP contribution in [0.5, 0.6) is 5.75 Å². The number of urea groups is 1. The molecule has 2 atom stereocenters. The molecule has 0 saturated carbocycles. The molecule has 0 aromatic heterocycles. The van der Waals surface area contributed by atoms with Crippen molar-refractivity contribution in [1.29, 1.82) is 0 Å². The minimum absolute atomic E-state index is 0.213. The number of hydrogen-bond acceptors (Lipinski definition) is 5. The quantitative estimate of drug-likeness (QED) is 0.635. The maximum Gasteiger partial charge on any atom is 0.325 e. The van der Waals surface area contributed by atoms with E-state index in [1.54, 1.807) is 18.2 Å². The third kappa shape index (κ3) is 4.06. The van der Waals surface area contributed by atoms with Crippen LogP contribution in [-0.2, 0) is 15.9 Å². The van der Waals surface area contributed by atoms with Crippen molar-refractivity contribution in [2.75, 3.05) is 26.2 Å². The highest BCUT2D eigenvalue weighted by Crippen LogP contribution is 2.44. The Kier molecular flexibility index (Phi) is 6.04. The van der Waals surface area contributed by atoms with Crippen LogP contribution in [0.15, 0.2) is 48.5 Å². The average molecular weight is 484 g/mol. The molecule has 3 heterocycles. The zero-order valence-electron chi connectivity index (χ0n) is 19.3. The van der Waals surface area contributed by atoms with Gasteiger partial charge in [-0.05, 0) is 56.5 Å². The largest absolute Gasteiger partial charge is 0.490 e. The highest BCUT2D eigenvalue weighted by atomic mass is 35.5. The van der Waals surface area contributed by atoms with E-state index >= 15 is 0 Å². The number of halogens is 1. The second kappa shape index (κ2) is 8.87. The number of imide groups is 1. The molecule has 2 saturated heterocycles. The van der Waals surface area contributed by atoms with Crippen LogP contribution < -0.4 is 10.1 Å². The van der Waals surface area contributed by atoms with Gasteiger partial charge in [0.2, 0.25) is 0 Å². The topological polar surface area (TPSA) is 82.1 Å². The van der Waals surface area contributed by atoms with Crippen molar-refractivity contribution in [1.82, 2.24) is 15.1 Å². The van der Waals surface area contributed by atoms with Crippen LogP contribution in [0.4, 0.5) is 4.79 Å². The molecule has 3 aliphatic heterocycles. The molecule has 7 nitrogen and oxygen atoms in total. The van der Waals surface area contributed by atoms with Gasteiger partial charge in [0.1, 0.15) is 5.75 Å². The van der Waals surface area contributed by atoms with Crippen molar-refractivity contribution in [2.45, 2.75) is 49.9 Å². The maximum absolute atomic E-state index is 13.5. The Balaban J connectivity index is 1.21. The number of fused-ring (bicyclic) bond motifs is 2. The van der Waals surface area contributed by atoms with E-state index in [2.05, 4.69) is 10.2 Å². The summed E-state index contributed by atoms with van der Waals surface area (Å²) in [6.07, 6.45) is 2.16. The number of benzene rings is 2. The molecule has 34 heavy (non-hydrogen) atoms. The summed E-state index contributed by atoms with van der Waals surface area (Å²) in [5, 5.41) is 14.5. The first-order chi connectivity index (χ1) is 16.3. The van der Waals surface area contributed by atoms with Crippen molar-refractivity contribution in [3.8, 4) is 5.75 Å². The SMILES string of the molecule is CC1CC2(NC(=O)N(CCCN3CCC(O)(c4ccccc4)CC3)C2=O)c2cc(Cl)ccc2O1. The normalized spacial score (nSPS) is 26.3. The van der Waals surface area contributed by atoms with Crippen LogP contribution in [0.1, 0.15) is 43.7 Å². The number of piperidine rings is 1.